The summed E-state index contributed by atoms with van der Waals surface area (Å²) < 4.78 is 0.900. The van der Waals surface area contributed by atoms with E-state index >= 15 is 0 Å². The molecule has 0 radical (unpaired) electrons. The predicted molar refractivity (Wildman–Crippen MR) is 69.3 cm³/mol. The number of nitrogens with one attached hydrogen (secondary N) is 1. The fourth-order valence-corrected chi connectivity index (χ4v) is 1.51. The van der Waals surface area contributed by atoms with E-state index in [9.17, 15) is 4.79 Å². The Bertz CT molecular complexity index is 185. The van der Waals surface area contributed by atoms with Crippen LogP contribution in [0.2, 0.25) is 0 Å². The lowest BCUT2D eigenvalue weighted by molar-refractivity contribution is -0.869. The van der Waals surface area contributed by atoms with Crippen LogP contribution in [0.1, 0.15) is 45.4 Å². The standard InChI is InChI=1S/C13H28N2O/c1-5-6-7-8-9-10-13(16)14-11-12-15(2,3)4/h5-12H2,1-4H3/p+1. The third-order valence-corrected chi connectivity index (χ3v) is 2.61. The van der Waals surface area contributed by atoms with Crippen LogP contribution >= 0.6 is 0 Å². The highest BCUT2D eigenvalue weighted by molar-refractivity contribution is 5.75. The van der Waals surface area contributed by atoms with Crippen molar-refractivity contribution in [2.75, 3.05) is 34.2 Å². The molecule has 0 spiro atoms. The normalized spacial score (nSPS) is 11.5. The van der Waals surface area contributed by atoms with Crippen molar-refractivity contribution in [2.45, 2.75) is 45.4 Å². The first kappa shape index (κ1) is 15.4. The van der Waals surface area contributed by atoms with Crippen LogP contribution in [0.5, 0.6) is 0 Å². The topological polar surface area (TPSA) is 29.1 Å². The van der Waals surface area contributed by atoms with Gasteiger partial charge in [-0.25, -0.2) is 0 Å². The quantitative estimate of drug-likeness (QED) is 0.476. The van der Waals surface area contributed by atoms with E-state index in [0.717, 1.165) is 24.0 Å². The summed E-state index contributed by atoms with van der Waals surface area (Å²) in [6.07, 6.45) is 6.75. The summed E-state index contributed by atoms with van der Waals surface area (Å²) in [5, 5.41) is 2.98. The Morgan fingerprint density at radius 2 is 1.69 bits per heavy atom. The molecule has 0 atom stereocenters. The third kappa shape index (κ3) is 11.5. The van der Waals surface area contributed by atoms with Gasteiger partial charge in [0.05, 0.1) is 34.2 Å². The molecule has 0 aromatic heterocycles. The molecule has 0 heterocycles. The van der Waals surface area contributed by atoms with Crippen LogP contribution in [0.3, 0.4) is 0 Å². The van der Waals surface area contributed by atoms with Crippen LogP contribution in [0.4, 0.5) is 0 Å². The number of likely N-dealkylation sites (N-methyl/N-ethyl adjacent to an activating group) is 1. The molecular formula is C13H29N2O+. The Morgan fingerprint density at radius 1 is 1.06 bits per heavy atom. The number of rotatable bonds is 9. The summed E-state index contributed by atoms with van der Waals surface area (Å²) in [7, 11) is 6.41. The Kier molecular flexibility index (Phi) is 8.26. The lowest BCUT2D eigenvalue weighted by Crippen LogP contribution is -2.41. The maximum Gasteiger partial charge on any atom is 0.220 e. The van der Waals surface area contributed by atoms with Crippen molar-refractivity contribution in [1.82, 2.24) is 5.32 Å². The Balaban J connectivity index is 3.32. The van der Waals surface area contributed by atoms with Gasteiger partial charge in [-0.05, 0) is 6.42 Å². The number of quaternary nitrogens is 1. The zero-order chi connectivity index (χ0) is 12.4. The van der Waals surface area contributed by atoms with E-state index in [2.05, 4.69) is 33.4 Å². The zero-order valence-electron chi connectivity index (χ0n) is 11.5. The van der Waals surface area contributed by atoms with E-state index in [1.54, 1.807) is 0 Å². The number of amides is 1. The summed E-state index contributed by atoms with van der Waals surface area (Å²) in [5.74, 6) is 0.213. The highest BCUT2D eigenvalue weighted by Gasteiger charge is 2.07. The van der Waals surface area contributed by atoms with Crippen molar-refractivity contribution in [3.05, 3.63) is 0 Å². The summed E-state index contributed by atoms with van der Waals surface area (Å²) >= 11 is 0. The van der Waals surface area contributed by atoms with Crippen molar-refractivity contribution >= 4 is 5.91 Å². The van der Waals surface area contributed by atoms with Gasteiger partial charge in [0.2, 0.25) is 5.91 Å². The Hall–Kier alpha value is -0.570. The average Bonchev–Trinajstić information content (AvgIpc) is 2.15. The number of unbranched alkanes of at least 4 members (excludes halogenated alkanes) is 4. The molecule has 0 bridgehead atoms. The SMILES string of the molecule is CCCCCCCC(=O)NCC[N+](C)(C)C. The molecule has 0 aliphatic rings. The van der Waals surface area contributed by atoms with Crippen molar-refractivity contribution < 1.29 is 9.28 Å². The molecule has 1 amide bonds. The van der Waals surface area contributed by atoms with E-state index in [0.29, 0.717) is 6.42 Å². The lowest BCUT2D eigenvalue weighted by Gasteiger charge is -2.23. The number of carbonyl (C=O) groups excluding carboxylic acids is 1. The van der Waals surface area contributed by atoms with E-state index in [1.807, 2.05) is 0 Å². The van der Waals surface area contributed by atoms with Gasteiger partial charge in [0, 0.05) is 6.42 Å². The van der Waals surface area contributed by atoms with Gasteiger partial charge in [0.25, 0.3) is 0 Å². The molecule has 3 heteroatoms. The maximum atomic E-state index is 11.4. The first-order valence-electron chi connectivity index (χ1n) is 6.53. The molecule has 16 heavy (non-hydrogen) atoms. The van der Waals surface area contributed by atoms with Crippen molar-refractivity contribution in [1.29, 1.82) is 0 Å². The van der Waals surface area contributed by atoms with Gasteiger partial charge < -0.3 is 9.80 Å². The number of hydrogen-bond donors (Lipinski definition) is 1. The zero-order valence-corrected chi connectivity index (χ0v) is 11.5. The second-order valence-corrected chi connectivity index (χ2v) is 5.53. The molecule has 0 aromatic rings. The molecule has 0 fully saturated rings. The molecule has 1 N–H and O–H groups in total. The highest BCUT2D eigenvalue weighted by atomic mass is 16.1. The minimum Gasteiger partial charge on any atom is -0.350 e. The van der Waals surface area contributed by atoms with E-state index in [4.69, 9.17) is 0 Å². The number of carbonyl (C=O) groups is 1. The van der Waals surface area contributed by atoms with Crippen LogP contribution in [-0.4, -0.2) is 44.6 Å². The van der Waals surface area contributed by atoms with Crippen molar-refractivity contribution in [3.63, 3.8) is 0 Å². The van der Waals surface area contributed by atoms with Crippen molar-refractivity contribution in [3.8, 4) is 0 Å². The molecule has 0 aliphatic heterocycles. The predicted octanol–water partition coefficient (Wildman–Crippen LogP) is 2.17. The summed E-state index contributed by atoms with van der Waals surface area (Å²) in [5.41, 5.74) is 0. The molecule has 0 unspecified atom stereocenters. The van der Waals surface area contributed by atoms with E-state index < -0.39 is 0 Å². The van der Waals surface area contributed by atoms with E-state index in [-0.39, 0.29) is 5.91 Å². The van der Waals surface area contributed by atoms with Gasteiger partial charge in [-0.2, -0.15) is 0 Å². The fraction of sp³-hybridized carbons (Fsp3) is 0.923. The number of hydrogen-bond acceptors (Lipinski definition) is 1. The third-order valence-electron chi connectivity index (χ3n) is 2.61. The highest BCUT2D eigenvalue weighted by Crippen LogP contribution is 2.04. The fourth-order valence-electron chi connectivity index (χ4n) is 1.51. The summed E-state index contributed by atoms with van der Waals surface area (Å²) in [4.78, 5) is 11.4. The average molecular weight is 229 g/mol. The van der Waals surface area contributed by atoms with Crippen LogP contribution in [0.25, 0.3) is 0 Å². The monoisotopic (exact) mass is 229 g/mol. The van der Waals surface area contributed by atoms with Crippen LogP contribution in [0, 0.1) is 0 Å². The van der Waals surface area contributed by atoms with Crippen LogP contribution in [0.15, 0.2) is 0 Å². The second kappa shape index (κ2) is 8.57. The molecule has 0 rings (SSSR count). The number of nitrogens with zero attached hydrogens (tertiary/aromatic N) is 1. The first-order valence-corrected chi connectivity index (χ1v) is 6.53. The Morgan fingerprint density at radius 3 is 2.25 bits per heavy atom. The minimum absolute atomic E-state index is 0.213. The van der Waals surface area contributed by atoms with Gasteiger partial charge >= 0.3 is 0 Å². The smallest absolute Gasteiger partial charge is 0.220 e. The van der Waals surface area contributed by atoms with Gasteiger partial charge in [-0.15, -0.1) is 0 Å². The first-order chi connectivity index (χ1) is 7.45. The lowest BCUT2D eigenvalue weighted by atomic mass is 10.1. The van der Waals surface area contributed by atoms with Gasteiger partial charge in [0.15, 0.2) is 0 Å². The van der Waals surface area contributed by atoms with Gasteiger partial charge in [0.1, 0.15) is 0 Å². The molecule has 0 aliphatic carbocycles. The van der Waals surface area contributed by atoms with E-state index in [1.165, 1.54) is 25.7 Å². The van der Waals surface area contributed by atoms with Crippen LogP contribution < -0.4 is 5.32 Å². The molecule has 0 saturated carbocycles. The van der Waals surface area contributed by atoms with Gasteiger partial charge in [-0.1, -0.05) is 32.6 Å². The summed E-state index contributed by atoms with van der Waals surface area (Å²) in [6.45, 7) is 3.98. The molecule has 0 aromatic carbocycles. The second-order valence-electron chi connectivity index (χ2n) is 5.53. The Labute approximate surface area is 101 Å². The maximum absolute atomic E-state index is 11.4. The molecule has 0 saturated heterocycles. The van der Waals surface area contributed by atoms with Crippen LogP contribution in [-0.2, 0) is 4.79 Å². The largest absolute Gasteiger partial charge is 0.350 e. The summed E-state index contributed by atoms with van der Waals surface area (Å²) in [6, 6.07) is 0. The molecule has 96 valence electrons. The van der Waals surface area contributed by atoms with Crippen molar-refractivity contribution in [2.24, 2.45) is 0 Å². The molecular weight excluding hydrogens is 200 g/mol. The minimum atomic E-state index is 0.213. The molecule has 3 nitrogen and oxygen atoms in total. The van der Waals surface area contributed by atoms with Gasteiger partial charge in [-0.3, -0.25) is 4.79 Å².